The third-order valence-corrected chi connectivity index (χ3v) is 11.7. The Hall–Kier alpha value is -7.10. The summed E-state index contributed by atoms with van der Waals surface area (Å²) < 4.78 is 0. The second-order valence-electron chi connectivity index (χ2n) is 17.0. The Labute approximate surface area is 392 Å². The smallest absolute Gasteiger partial charge is 0.251 e. The van der Waals surface area contributed by atoms with Crippen LogP contribution in [-0.4, -0.2) is 87.8 Å². The van der Waals surface area contributed by atoms with Crippen molar-refractivity contribution in [1.82, 2.24) is 36.2 Å². The van der Waals surface area contributed by atoms with E-state index in [9.17, 15) is 28.8 Å². The molecule has 0 radical (unpaired) electrons. The van der Waals surface area contributed by atoms with Crippen molar-refractivity contribution < 1.29 is 28.8 Å². The maximum absolute atomic E-state index is 14.6. The molecule has 0 fully saturated rings. The number of Topliss-reactive ketones (excluding diaryl/α,β-unsaturated/α-hetero) is 2. The van der Waals surface area contributed by atoms with E-state index in [1.165, 1.54) is 12.7 Å². The molecule has 5 rings (SSSR count). The summed E-state index contributed by atoms with van der Waals surface area (Å²) in [7, 11) is 0. The minimum absolute atomic E-state index is 0.102. The number of carbonyl (C=O) groups is 6. The average Bonchev–Trinajstić information content (AvgIpc) is 4.01. The molecule has 356 valence electrons. The highest BCUT2D eigenvalue weighted by atomic mass is 16.2. The number of aromatic nitrogens is 3. The number of nitrogens with zero attached hydrogens (tertiary/aromatic N) is 2. The highest BCUT2D eigenvalue weighted by Gasteiger charge is 2.33. The number of ketones is 2. The molecule has 5 aromatic rings. The number of aromatic amines is 2. The lowest BCUT2D eigenvalue weighted by atomic mass is 9.89. The van der Waals surface area contributed by atoms with Gasteiger partial charge in [0, 0.05) is 79.2 Å². The summed E-state index contributed by atoms with van der Waals surface area (Å²) in [5.74, 6) is -4.58. The van der Waals surface area contributed by atoms with E-state index in [0.717, 1.165) is 54.1 Å². The maximum atomic E-state index is 14.6. The van der Waals surface area contributed by atoms with Gasteiger partial charge >= 0.3 is 0 Å². The summed E-state index contributed by atoms with van der Waals surface area (Å²) in [4.78, 5) is 97.8. The number of fused-ring (bicyclic) bond motifs is 1. The van der Waals surface area contributed by atoms with Crippen LogP contribution in [0.3, 0.4) is 0 Å². The van der Waals surface area contributed by atoms with Gasteiger partial charge in [-0.3, -0.25) is 33.8 Å². The number of benzene rings is 3. The summed E-state index contributed by atoms with van der Waals surface area (Å²) in [5.41, 5.74) is 14.7. The van der Waals surface area contributed by atoms with E-state index in [1.807, 2.05) is 60.8 Å². The number of hydrogen-bond donors (Lipinski definition) is 8. The number of amides is 4. The van der Waals surface area contributed by atoms with E-state index in [1.54, 1.807) is 36.5 Å². The number of guanidine groups is 1. The lowest BCUT2D eigenvalue weighted by molar-refractivity contribution is -0.135. The van der Waals surface area contributed by atoms with Crippen molar-refractivity contribution in [3.05, 3.63) is 126 Å². The summed E-state index contributed by atoms with van der Waals surface area (Å²) in [5, 5.41) is 12.5. The highest BCUT2D eigenvalue weighted by molar-refractivity contribution is 5.98. The molecule has 4 atom stereocenters. The maximum Gasteiger partial charge on any atom is 0.251 e. The van der Waals surface area contributed by atoms with E-state index < -0.39 is 47.4 Å². The predicted octanol–water partition coefficient (Wildman–Crippen LogP) is 5.00. The van der Waals surface area contributed by atoms with E-state index in [-0.39, 0.29) is 69.3 Å². The Morgan fingerprint density at radius 2 is 1.37 bits per heavy atom. The molecule has 4 amide bonds. The van der Waals surface area contributed by atoms with Crippen molar-refractivity contribution in [2.75, 3.05) is 19.6 Å². The Morgan fingerprint density at radius 1 is 0.687 bits per heavy atom. The van der Waals surface area contributed by atoms with Gasteiger partial charge in [0.15, 0.2) is 17.5 Å². The molecular formula is C51H66N10O6. The number of aliphatic imine (C=N–C) groups is 1. The van der Waals surface area contributed by atoms with E-state index >= 15 is 0 Å². The fourth-order valence-electron chi connectivity index (χ4n) is 8.04. The Bertz CT molecular complexity index is 2360. The van der Waals surface area contributed by atoms with Crippen LogP contribution in [0, 0.1) is 11.8 Å². The van der Waals surface area contributed by atoms with Gasteiger partial charge in [-0.2, -0.15) is 0 Å². The predicted molar refractivity (Wildman–Crippen MR) is 260 cm³/mol. The van der Waals surface area contributed by atoms with Crippen molar-refractivity contribution >= 4 is 52.1 Å². The topological polar surface area (TPSA) is 259 Å². The van der Waals surface area contributed by atoms with Crippen LogP contribution in [0.4, 0.5) is 0 Å². The molecule has 16 nitrogen and oxygen atoms in total. The summed E-state index contributed by atoms with van der Waals surface area (Å²) in [6.45, 7) is 2.53. The van der Waals surface area contributed by atoms with Crippen molar-refractivity contribution in [2.45, 2.75) is 102 Å². The lowest BCUT2D eigenvalue weighted by Gasteiger charge is -2.25. The zero-order valence-electron chi connectivity index (χ0n) is 38.4. The number of unbranched alkanes of at least 4 members (excludes halogenated alkanes) is 5. The molecule has 16 heteroatoms. The molecule has 0 aliphatic rings. The molecule has 3 aromatic carbocycles. The number of nitrogens with one attached hydrogen (secondary N) is 6. The summed E-state index contributed by atoms with van der Waals surface area (Å²) in [6.07, 6.45) is 11.6. The number of rotatable bonds is 30. The quantitative estimate of drug-likeness (QED) is 0.0175. The minimum atomic E-state index is -1.09. The molecule has 0 saturated heterocycles. The molecule has 0 bridgehead atoms. The fraction of sp³-hybridized carbons (Fsp3) is 0.412. The van der Waals surface area contributed by atoms with Crippen molar-refractivity contribution in [3.8, 4) is 0 Å². The molecule has 0 spiro atoms. The van der Waals surface area contributed by atoms with Gasteiger partial charge in [0.25, 0.3) is 5.91 Å². The van der Waals surface area contributed by atoms with Crippen LogP contribution >= 0.6 is 0 Å². The molecule has 0 aliphatic heterocycles. The molecular weight excluding hydrogens is 849 g/mol. The van der Waals surface area contributed by atoms with Gasteiger partial charge in [-0.25, -0.2) is 4.98 Å². The molecule has 2 aromatic heterocycles. The second kappa shape index (κ2) is 27.4. The number of imidazole rings is 1. The van der Waals surface area contributed by atoms with Crippen LogP contribution in [0.5, 0.6) is 0 Å². The number of H-pyrrole nitrogens is 2. The molecule has 10 N–H and O–H groups in total. The Morgan fingerprint density at radius 3 is 2.10 bits per heavy atom. The third kappa shape index (κ3) is 17.3. The summed E-state index contributed by atoms with van der Waals surface area (Å²) in [6, 6.07) is 23.3. The standard InChI is InChI=1S/C51H66N10O6/c1-2-3-4-5-6-15-24-55-50(67)45(29-39-31-57-43-23-14-13-22-42(39)43)61-48(65)37(21-16-25-56-51(52)53)30-46(63)44(26-35-17-9-7-10-18-35)60-49(66)38(27-40-32-54-34-59-40)28-41(62)33-58-47(64)36-19-11-8-12-20-36/h7-14,17-20,22-23,31-32,34,37-38,44-45,57H,2-6,15-16,21,24-30,33H2,1H3,(H,54,59)(H,55,67)(H,58,64)(H,60,66)(H,61,65)(H4,52,53,56)/t37-,38-,44-,45?/m1/s1. The Balaban J connectivity index is 1.35. The van der Waals surface area contributed by atoms with Crippen LogP contribution in [0.1, 0.15) is 98.3 Å². The monoisotopic (exact) mass is 915 g/mol. The van der Waals surface area contributed by atoms with E-state index in [0.29, 0.717) is 24.2 Å². The zero-order valence-corrected chi connectivity index (χ0v) is 38.4. The normalized spacial score (nSPS) is 12.9. The molecule has 1 unspecified atom stereocenters. The van der Waals surface area contributed by atoms with Gasteiger partial charge < -0.3 is 42.7 Å². The van der Waals surface area contributed by atoms with Gasteiger partial charge in [0.05, 0.1) is 24.8 Å². The summed E-state index contributed by atoms with van der Waals surface area (Å²) >= 11 is 0. The van der Waals surface area contributed by atoms with E-state index in [4.69, 9.17) is 11.5 Å². The van der Waals surface area contributed by atoms with Gasteiger partial charge in [-0.1, -0.05) is 106 Å². The number of carbonyl (C=O) groups excluding carboxylic acids is 6. The zero-order chi connectivity index (χ0) is 47.8. The van der Waals surface area contributed by atoms with Crippen LogP contribution in [0.25, 0.3) is 10.9 Å². The Kier molecular flexibility index (Phi) is 20.8. The first kappa shape index (κ1) is 50.9. The highest BCUT2D eigenvalue weighted by Crippen LogP contribution is 2.22. The van der Waals surface area contributed by atoms with Crippen LogP contribution in [0.15, 0.2) is 109 Å². The van der Waals surface area contributed by atoms with Gasteiger partial charge in [-0.15, -0.1) is 0 Å². The molecule has 67 heavy (non-hydrogen) atoms. The van der Waals surface area contributed by atoms with Gasteiger partial charge in [-0.05, 0) is 55.0 Å². The first-order chi connectivity index (χ1) is 32.5. The first-order valence-electron chi connectivity index (χ1n) is 23.4. The minimum Gasteiger partial charge on any atom is -0.370 e. The first-order valence-corrected chi connectivity index (χ1v) is 23.4. The molecule has 0 aliphatic carbocycles. The SMILES string of the molecule is CCCCCCCCNC(=O)C(Cc1c[nH]c2ccccc12)NC(=O)[C@H](CCCN=C(N)N)CC(=O)[C@@H](Cc1ccccc1)NC(=O)[C@@H](CC(=O)CNC(=O)c1ccccc1)Cc1cnc[nH]1. The third-order valence-electron chi connectivity index (χ3n) is 11.7. The van der Waals surface area contributed by atoms with Gasteiger partial charge in [0.1, 0.15) is 6.04 Å². The fourth-order valence-corrected chi connectivity index (χ4v) is 8.04. The molecule has 2 heterocycles. The largest absolute Gasteiger partial charge is 0.370 e. The van der Waals surface area contributed by atoms with Crippen LogP contribution < -0.4 is 32.7 Å². The van der Waals surface area contributed by atoms with Crippen molar-refractivity contribution in [3.63, 3.8) is 0 Å². The lowest BCUT2D eigenvalue weighted by Crippen LogP contribution is -2.51. The average molecular weight is 915 g/mol. The second-order valence-corrected chi connectivity index (χ2v) is 17.0. The van der Waals surface area contributed by atoms with Crippen molar-refractivity contribution in [2.24, 2.45) is 28.3 Å². The number of hydrogen-bond acceptors (Lipinski definition) is 8. The van der Waals surface area contributed by atoms with Crippen LogP contribution in [0.2, 0.25) is 0 Å². The van der Waals surface area contributed by atoms with E-state index in [2.05, 4.69) is 48.1 Å². The number of para-hydroxylation sites is 1. The van der Waals surface area contributed by atoms with Crippen molar-refractivity contribution in [1.29, 1.82) is 0 Å². The van der Waals surface area contributed by atoms with Gasteiger partial charge in [0.2, 0.25) is 17.7 Å². The van der Waals surface area contributed by atoms with Crippen LogP contribution in [-0.2, 0) is 43.2 Å². The number of nitrogens with two attached hydrogens (primary N) is 2. The molecule has 0 saturated carbocycles.